The minimum atomic E-state index is -0.892. The van der Waals surface area contributed by atoms with Crippen LogP contribution in [0.2, 0.25) is 0 Å². The lowest BCUT2D eigenvalue weighted by molar-refractivity contribution is -0.134. The summed E-state index contributed by atoms with van der Waals surface area (Å²) in [7, 11) is 0. The Morgan fingerprint density at radius 2 is 1.58 bits per heavy atom. The van der Waals surface area contributed by atoms with Crippen LogP contribution in [-0.4, -0.2) is 11.1 Å². The Balaban J connectivity index is 2.13. The van der Waals surface area contributed by atoms with Gasteiger partial charge in [0.1, 0.15) is 6.08 Å². The molecule has 0 amide bonds. The van der Waals surface area contributed by atoms with E-state index in [0.29, 0.717) is 5.92 Å². The number of rotatable bonds is 4. The second kappa shape index (κ2) is 5.91. The monoisotopic (exact) mass is 251 g/mol. The van der Waals surface area contributed by atoms with Crippen molar-refractivity contribution in [1.29, 1.82) is 0 Å². The lowest BCUT2D eigenvalue weighted by atomic mass is 10.0. The molecule has 2 nitrogen and oxygen atoms in total. The van der Waals surface area contributed by atoms with Crippen molar-refractivity contribution in [2.75, 3.05) is 0 Å². The fourth-order valence-electron chi connectivity index (χ4n) is 1.71. The molecule has 0 aliphatic rings. The molecule has 0 aromatic heterocycles. The zero-order chi connectivity index (χ0) is 13.7. The number of hydrogen-bond donors (Lipinski definition) is 1. The summed E-state index contributed by atoms with van der Waals surface area (Å²) in [4.78, 5) is 10.7. The highest BCUT2D eigenvalue weighted by molar-refractivity contribution is 5.86. The molecule has 0 fully saturated rings. The Morgan fingerprint density at radius 1 is 1.00 bits per heavy atom. The molecule has 0 atom stereocenters. The van der Waals surface area contributed by atoms with E-state index in [1.165, 1.54) is 5.56 Å². The van der Waals surface area contributed by atoms with E-state index in [4.69, 9.17) is 5.11 Å². The number of carboxylic acids is 1. The van der Waals surface area contributed by atoms with E-state index >= 15 is 0 Å². The van der Waals surface area contributed by atoms with Crippen molar-refractivity contribution < 1.29 is 9.90 Å². The zero-order valence-corrected chi connectivity index (χ0v) is 10.7. The average molecular weight is 251 g/mol. The lowest BCUT2D eigenvalue weighted by Gasteiger charge is -2.00. The van der Waals surface area contributed by atoms with Crippen molar-refractivity contribution in [3.05, 3.63) is 72.2 Å². The minimum Gasteiger partial charge on any atom is -0.463 e. The number of carboxylic acid groups (broad SMARTS) is 1. The van der Waals surface area contributed by atoms with Gasteiger partial charge in [-0.05, 0) is 23.3 Å². The Morgan fingerprint density at radius 3 is 2.16 bits per heavy atom. The van der Waals surface area contributed by atoms with Crippen LogP contribution in [0.5, 0.6) is 0 Å². The first-order valence-electron chi connectivity index (χ1n) is 6.07. The van der Waals surface area contributed by atoms with Crippen LogP contribution in [0.3, 0.4) is 0 Å². The van der Waals surface area contributed by atoms with Crippen LogP contribution in [0.4, 0.5) is 0 Å². The molecule has 0 saturated carbocycles. The standard InChI is InChI=1S/C17H14O2/c1-13(17(18)19)7-8-14-9-11-16(12-10-14)15-5-3-2-4-6-15/h2-12H,1H3/p+1/b8-7+. The summed E-state index contributed by atoms with van der Waals surface area (Å²) < 4.78 is 0. The van der Waals surface area contributed by atoms with Crippen LogP contribution in [0.1, 0.15) is 12.5 Å². The molecule has 0 heterocycles. The van der Waals surface area contributed by atoms with Crippen molar-refractivity contribution >= 4 is 12.0 Å². The van der Waals surface area contributed by atoms with Crippen LogP contribution in [0, 0.1) is 5.92 Å². The summed E-state index contributed by atoms with van der Waals surface area (Å²) in [6, 6.07) is 18.2. The molecular formula is C17H15O2+. The molecule has 0 spiro atoms. The van der Waals surface area contributed by atoms with Gasteiger partial charge < -0.3 is 5.11 Å². The van der Waals surface area contributed by atoms with Gasteiger partial charge in [-0.25, -0.2) is 4.79 Å². The molecule has 1 N–H and O–H groups in total. The Kier molecular flexibility index (Phi) is 4.04. The first-order valence-corrected chi connectivity index (χ1v) is 6.07. The fraction of sp³-hybridized carbons (Fsp3) is 0.0588. The van der Waals surface area contributed by atoms with E-state index in [9.17, 15) is 4.79 Å². The van der Waals surface area contributed by atoms with Gasteiger partial charge in [-0.3, -0.25) is 0 Å². The van der Waals surface area contributed by atoms with E-state index in [1.807, 2.05) is 42.5 Å². The van der Waals surface area contributed by atoms with Gasteiger partial charge in [0.05, 0.1) is 11.6 Å². The van der Waals surface area contributed by atoms with Crippen molar-refractivity contribution in [3.8, 4) is 11.1 Å². The highest BCUT2D eigenvalue weighted by Crippen LogP contribution is 2.19. The molecule has 0 aliphatic heterocycles. The zero-order valence-electron chi connectivity index (χ0n) is 10.7. The molecule has 19 heavy (non-hydrogen) atoms. The van der Waals surface area contributed by atoms with Gasteiger partial charge in [0, 0.05) is 6.92 Å². The van der Waals surface area contributed by atoms with Crippen molar-refractivity contribution in [2.45, 2.75) is 6.92 Å². The predicted octanol–water partition coefficient (Wildman–Crippen LogP) is 4.05. The smallest absolute Gasteiger partial charge is 0.416 e. The number of aliphatic carboxylic acids is 1. The number of hydrogen-bond acceptors (Lipinski definition) is 1. The van der Waals surface area contributed by atoms with Gasteiger partial charge in [-0.2, -0.15) is 0 Å². The predicted molar refractivity (Wildman–Crippen MR) is 77.5 cm³/mol. The first-order chi connectivity index (χ1) is 9.16. The fourth-order valence-corrected chi connectivity index (χ4v) is 1.71. The number of benzene rings is 2. The Labute approximate surface area is 113 Å². The Hall–Kier alpha value is -2.48. The highest BCUT2D eigenvalue weighted by atomic mass is 16.4. The first kappa shape index (κ1) is 13.0. The summed E-state index contributed by atoms with van der Waals surface area (Å²) in [5.74, 6) is -0.565. The quantitative estimate of drug-likeness (QED) is 0.832. The summed E-state index contributed by atoms with van der Waals surface area (Å²) in [5.41, 5.74) is 3.31. The third-order valence-corrected chi connectivity index (χ3v) is 2.88. The van der Waals surface area contributed by atoms with E-state index < -0.39 is 5.97 Å². The van der Waals surface area contributed by atoms with Crippen LogP contribution in [0.25, 0.3) is 17.2 Å². The molecular weight excluding hydrogens is 236 g/mol. The van der Waals surface area contributed by atoms with Gasteiger partial charge in [0.15, 0.2) is 5.92 Å². The molecule has 2 aromatic carbocycles. The van der Waals surface area contributed by atoms with Crippen LogP contribution < -0.4 is 0 Å². The van der Waals surface area contributed by atoms with E-state index in [1.54, 1.807) is 19.1 Å². The van der Waals surface area contributed by atoms with Crippen LogP contribution >= 0.6 is 0 Å². The molecule has 2 aromatic rings. The topological polar surface area (TPSA) is 37.3 Å². The van der Waals surface area contributed by atoms with Gasteiger partial charge in [-0.15, -0.1) is 0 Å². The molecule has 0 unspecified atom stereocenters. The van der Waals surface area contributed by atoms with E-state index in [2.05, 4.69) is 12.1 Å². The second-order valence-corrected chi connectivity index (χ2v) is 4.31. The van der Waals surface area contributed by atoms with Crippen molar-refractivity contribution in [2.24, 2.45) is 0 Å². The summed E-state index contributed by atoms with van der Waals surface area (Å²) in [6.45, 7) is 1.58. The van der Waals surface area contributed by atoms with Gasteiger partial charge in [0.2, 0.25) is 0 Å². The van der Waals surface area contributed by atoms with Crippen molar-refractivity contribution in [1.82, 2.24) is 0 Å². The Bertz CT molecular complexity index is 568. The van der Waals surface area contributed by atoms with E-state index in [-0.39, 0.29) is 0 Å². The minimum absolute atomic E-state index is 0.326. The third-order valence-electron chi connectivity index (χ3n) is 2.88. The summed E-state index contributed by atoms with van der Waals surface area (Å²) in [6.07, 6.45) is 3.41. The van der Waals surface area contributed by atoms with Crippen LogP contribution in [-0.2, 0) is 4.79 Å². The lowest BCUT2D eigenvalue weighted by Crippen LogP contribution is -2.02. The molecule has 0 saturated heterocycles. The normalized spacial score (nSPS) is 10.6. The molecule has 2 rings (SSSR count). The molecule has 0 aliphatic carbocycles. The maximum absolute atomic E-state index is 10.7. The maximum atomic E-state index is 10.7. The SMILES string of the molecule is C[C+](/C=C/c1ccc(-c2ccccc2)cc1)C(=O)O. The molecule has 0 bridgehead atoms. The van der Waals surface area contributed by atoms with Crippen molar-refractivity contribution in [3.63, 3.8) is 0 Å². The highest BCUT2D eigenvalue weighted by Gasteiger charge is 2.14. The second-order valence-electron chi connectivity index (χ2n) is 4.31. The number of carbonyl (C=O) groups is 1. The third kappa shape index (κ3) is 3.49. The van der Waals surface area contributed by atoms with Gasteiger partial charge >= 0.3 is 5.97 Å². The van der Waals surface area contributed by atoms with Gasteiger partial charge in [0.25, 0.3) is 0 Å². The maximum Gasteiger partial charge on any atom is 0.416 e. The van der Waals surface area contributed by atoms with Crippen LogP contribution in [0.15, 0.2) is 60.7 Å². The largest absolute Gasteiger partial charge is 0.463 e. The average Bonchev–Trinajstić information content (AvgIpc) is 2.46. The molecule has 0 radical (unpaired) electrons. The van der Waals surface area contributed by atoms with Gasteiger partial charge in [-0.1, -0.05) is 42.5 Å². The summed E-state index contributed by atoms with van der Waals surface area (Å²) in [5, 5.41) is 8.76. The molecule has 2 heteroatoms. The van der Waals surface area contributed by atoms with E-state index in [0.717, 1.165) is 11.1 Å². The molecule has 94 valence electrons. The summed E-state index contributed by atoms with van der Waals surface area (Å²) >= 11 is 0.